The molecule has 2 aliphatic heterocycles. The van der Waals surface area contributed by atoms with Crippen molar-refractivity contribution in [3.63, 3.8) is 0 Å². The van der Waals surface area contributed by atoms with E-state index in [2.05, 4.69) is 30.8 Å². The van der Waals surface area contributed by atoms with Gasteiger partial charge in [-0.2, -0.15) is 18.3 Å². The van der Waals surface area contributed by atoms with Crippen molar-refractivity contribution in [2.45, 2.75) is 49.3 Å². The molecule has 10 nitrogen and oxygen atoms in total. The summed E-state index contributed by atoms with van der Waals surface area (Å²) in [5.41, 5.74) is -0.266. The van der Waals surface area contributed by atoms with Gasteiger partial charge in [0.2, 0.25) is 5.88 Å². The number of aliphatic hydroxyl groups is 2. The molecule has 0 saturated carbocycles. The lowest BCUT2D eigenvalue weighted by Gasteiger charge is -2.37. The molecule has 33 heavy (non-hydrogen) atoms. The van der Waals surface area contributed by atoms with Gasteiger partial charge in [-0.25, -0.2) is 4.98 Å². The Kier molecular flexibility index (Phi) is 7.22. The molecule has 0 radical (unpaired) electrons. The predicted molar refractivity (Wildman–Crippen MR) is 109 cm³/mol. The lowest BCUT2D eigenvalue weighted by Crippen LogP contribution is -2.57. The lowest BCUT2D eigenvalue weighted by molar-refractivity contribution is -0.150. The number of ether oxygens (including phenoxy) is 2. The second-order valence-electron chi connectivity index (χ2n) is 8.02. The molecule has 0 bridgehead atoms. The molecule has 13 heteroatoms. The van der Waals surface area contributed by atoms with Crippen molar-refractivity contribution in [3.8, 4) is 5.88 Å². The number of aliphatic hydroxyl groups excluding tert-OH is 2. The second-order valence-corrected chi connectivity index (χ2v) is 8.02. The topological polar surface area (TPSA) is 135 Å². The summed E-state index contributed by atoms with van der Waals surface area (Å²) < 4.78 is 49.5. The number of halogens is 3. The standard InChI is InChI=1S/C20H25F3N6O4/c21-20(22,23)15-7-25-8-16(27-15)26-13-9-32-14(19(31)18(13)30)10-33-17-2-1-12(28-29-17)11-3-5-24-6-4-11/h1-2,7-8,11,13-14,18-19,24,30-31H,3-6,9-10H2,(H,26,27)/t13-,14+,18+,19-/m0/s1. The van der Waals surface area contributed by atoms with E-state index in [0.717, 1.165) is 37.8 Å². The highest BCUT2D eigenvalue weighted by molar-refractivity contribution is 5.34. The number of alkyl halides is 3. The predicted octanol–water partition coefficient (Wildman–Crippen LogP) is 0.732. The second kappa shape index (κ2) is 10.1. The smallest absolute Gasteiger partial charge is 0.434 e. The summed E-state index contributed by atoms with van der Waals surface area (Å²) >= 11 is 0. The lowest BCUT2D eigenvalue weighted by atomic mass is 9.94. The third-order valence-electron chi connectivity index (χ3n) is 5.70. The molecule has 2 aliphatic rings. The van der Waals surface area contributed by atoms with Gasteiger partial charge in [0.25, 0.3) is 0 Å². The molecule has 2 aromatic heterocycles. The molecule has 0 unspecified atom stereocenters. The van der Waals surface area contributed by atoms with Crippen LogP contribution in [-0.2, 0) is 10.9 Å². The molecule has 2 fully saturated rings. The van der Waals surface area contributed by atoms with E-state index in [1.807, 2.05) is 6.07 Å². The molecular formula is C20H25F3N6O4. The van der Waals surface area contributed by atoms with E-state index in [1.54, 1.807) is 6.07 Å². The number of piperidine rings is 1. The number of nitrogens with one attached hydrogen (secondary N) is 2. The fourth-order valence-corrected chi connectivity index (χ4v) is 3.83. The Labute approximate surface area is 187 Å². The van der Waals surface area contributed by atoms with E-state index < -0.39 is 36.2 Å². The molecule has 0 aromatic carbocycles. The van der Waals surface area contributed by atoms with Crippen molar-refractivity contribution < 1.29 is 32.9 Å². The summed E-state index contributed by atoms with van der Waals surface area (Å²) in [4.78, 5) is 6.95. The normalized spacial score (nSPS) is 26.7. The van der Waals surface area contributed by atoms with Crippen LogP contribution in [0.15, 0.2) is 24.5 Å². The number of hydrogen-bond acceptors (Lipinski definition) is 10. The third-order valence-corrected chi connectivity index (χ3v) is 5.70. The van der Waals surface area contributed by atoms with Crippen molar-refractivity contribution in [1.82, 2.24) is 25.5 Å². The van der Waals surface area contributed by atoms with Crippen LogP contribution in [0.25, 0.3) is 0 Å². The number of hydrogen-bond donors (Lipinski definition) is 4. The average Bonchev–Trinajstić information content (AvgIpc) is 2.82. The Bertz CT molecular complexity index is 913. The first-order valence-corrected chi connectivity index (χ1v) is 10.6. The van der Waals surface area contributed by atoms with Gasteiger partial charge in [0.05, 0.1) is 30.7 Å². The maximum absolute atomic E-state index is 12.8. The van der Waals surface area contributed by atoms with Gasteiger partial charge in [-0.1, -0.05) is 0 Å². The summed E-state index contributed by atoms with van der Waals surface area (Å²) in [6.07, 6.45) is -4.51. The first kappa shape index (κ1) is 23.5. The fraction of sp³-hybridized carbons (Fsp3) is 0.600. The van der Waals surface area contributed by atoms with Crippen LogP contribution in [0, 0.1) is 0 Å². The van der Waals surface area contributed by atoms with E-state index in [-0.39, 0.29) is 24.9 Å². The Hall–Kier alpha value is -2.61. The molecule has 0 spiro atoms. The van der Waals surface area contributed by atoms with Gasteiger partial charge in [-0.05, 0) is 32.0 Å². The minimum absolute atomic E-state index is 0.0876. The van der Waals surface area contributed by atoms with Crippen LogP contribution >= 0.6 is 0 Å². The minimum atomic E-state index is -4.65. The van der Waals surface area contributed by atoms with Gasteiger partial charge >= 0.3 is 6.18 Å². The maximum atomic E-state index is 12.8. The van der Waals surface area contributed by atoms with E-state index in [9.17, 15) is 23.4 Å². The molecule has 4 atom stereocenters. The van der Waals surface area contributed by atoms with Gasteiger partial charge in [0.15, 0.2) is 5.69 Å². The summed E-state index contributed by atoms with van der Waals surface area (Å²) in [5.74, 6) is 0.429. The Morgan fingerprint density at radius 3 is 2.61 bits per heavy atom. The molecule has 4 rings (SSSR count). The Morgan fingerprint density at radius 2 is 1.91 bits per heavy atom. The van der Waals surface area contributed by atoms with Crippen molar-refractivity contribution >= 4 is 5.82 Å². The molecule has 0 aliphatic carbocycles. The van der Waals surface area contributed by atoms with Crippen LogP contribution < -0.4 is 15.4 Å². The molecule has 0 amide bonds. The highest BCUT2D eigenvalue weighted by atomic mass is 19.4. The molecular weight excluding hydrogens is 445 g/mol. The van der Waals surface area contributed by atoms with Crippen LogP contribution in [-0.4, -0.2) is 81.0 Å². The van der Waals surface area contributed by atoms with Crippen LogP contribution in [0.3, 0.4) is 0 Å². The molecule has 2 aromatic rings. The molecule has 2 saturated heterocycles. The first-order chi connectivity index (χ1) is 15.8. The zero-order chi connectivity index (χ0) is 23.4. The first-order valence-electron chi connectivity index (χ1n) is 10.6. The van der Waals surface area contributed by atoms with Crippen molar-refractivity contribution in [1.29, 1.82) is 0 Å². The van der Waals surface area contributed by atoms with Gasteiger partial charge < -0.3 is 30.3 Å². The van der Waals surface area contributed by atoms with Gasteiger partial charge in [0, 0.05) is 12.0 Å². The van der Waals surface area contributed by atoms with Crippen molar-refractivity contribution in [3.05, 3.63) is 35.9 Å². The van der Waals surface area contributed by atoms with E-state index in [1.165, 1.54) is 0 Å². The van der Waals surface area contributed by atoms with Gasteiger partial charge in [-0.15, -0.1) is 5.10 Å². The van der Waals surface area contributed by atoms with Crippen LogP contribution in [0.1, 0.15) is 30.1 Å². The highest BCUT2D eigenvalue weighted by Crippen LogP contribution is 2.28. The van der Waals surface area contributed by atoms with Crippen molar-refractivity contribution in [2.75, 3.05) is 31.6 Å². The highest BCUT2D eigenvalue weighted by Gasteiger charge is 2.39. The summed E-state index contributed by atoms with van der Waals surface area (Å²) in [5, 5.41) is 35.1. The molecule has 180 valence electrons. The monoisotopic (exact) mass is 470 g/mol. The zero-order valence-electron chi connectivity index (χ0n) is 17.6. The number of aromatic nitrogens is 4. The summed E-state index contributed by atoms with van der Waals surface area (Å²) in [7, 11) is 0. The number of nitrogens with zero attached hydrogens (tertiary/aromatic N) is 4. The maximum Gasteiger partial charge on any atom is 0.434 e. The summed E-state index contributed by atoms with van der Waals surface area (Å²) in [6, 6.07) is 2.67. The van der Waals surface area contributed by atoms with Crippen LogP contribution in [0.2, 0.25) is 0 Å². The molecule has 4 N–H and O–H groups in total. The molecule has 4 heterocycles. The Morgan fingerprint density at radius 1 is 1.12 bits per heavy atom. The fourth-order valence-electron chi connectivity index (χ4n) is 3.83. The number of rotatable bonds is 6. The van der Waals surface area contributed by atoms with E-state index in [4.69, 9.17) is 9.47 Å². The zero-order valence-corrected chi connectivity index (χ0v) is 17.6. The van der Waals surface area contributed by atoms with Crippen molar-refractivity contribution in [2.24, 2.45) is 0 Å². The SMILES string of the molecule is O[C@@H]1[C@H](O)[C@@H](Nc2cncc(C(F)(F)F)n2)CO[C@@H]1COc1ccc(C2CCNCC2)nn1. The number of anilines is 1. The van der Waals surface area contributed by atoms with E-state index in [0.29, 0.717) is 12.1 Å². The Balaban J connectivity index is 1.29. The third kappa shape index (κ3) is 5.85. The van der Waals surface area contributed by atoms with Gasteiger partial charge in [0.1, 0.15) is 30.7 Å². The van der Waals surface area contributed by atoms with Crippen LogP contribution in [0.5, 0.6) is 5.88 Å². The van der Waals surface area contributed by atoms with E-state index >= 15 is 0 Å². The van der Waals surface area contributed by atoms with Crippen LogP contribution in [0.4, 0.5) is 19.0 Å². The van der Waals surface area contributed by atoms with Gasteiger partial charge in [-0.3, -0.25) is 4.98 Å². The average molecular weight is 470 g/mol. The summed E-state index contributed by atoms with van der Waals surface area (Å²) in [6.45, 7) is 1.71. The largest absolute Gasteiger partial charge is 0.474 e. The minimum Gasteiger partial charge on any atom is -0.474 e. The quantitative estimate of drug-likeness (QED) is 0.479.